The van der Waals surface area contributed by atoms with Gasteiger partial charge in [0, 0.05) is 6.54 Å². The molecule has 0 bridgehead atoms. The van der Waals surface area contributed by atoms with Crippen molar-refractivity contribution in [2.24, 2.45) is 0 Å². The SMILES string of the molecule is O=C(COc1ccc(-c2ccccc2)cc1)NCc1ccccc1-c1ccsc1. The molecule has 29 heavy (non-hydrogen) atoms. The second-order valence-electron chi connectivity index (χ2n) is 6.62. The monoisotopic (exact) mass is 399 g/mol. The molecule has 1 aromatic heterocycles. The number of ether oxygens (including phenoxy) is 1. The zero-order chi connectivity index (χ0) is 19.9. The third-order valence-electron chi connectivity index (χ3n) is 4.66. The van der Waals surface area contributed by atoms with Crippen LogP contribution in [0.15, 0.2) is 95.7 Å². The van der Waals surface area contributed by atoms with Gasteiger partial charge in [0.2, 0.25) is 0 Å². The summed E-state index contributed by atoms with van der Waals surface area (Å²) in [6.07, 6.45) is 0. The second-order valence-corrected chi connectivity index (χ2v) is 7.41. The third-order valence-corrected chi connectivity index (χ3v) is 5.34. The van der Waals surface area contributed by atoms with E-state index in [0.29, 0.717) is 12.3 Å². The quantitative estimate of drug-likeness (QED) is 0.428. The maximum atomic E-state index is 12.2. The molecule has 0 aliphatic carbocycles. The van der Waals surface area contributed by atoms with Gasteiger partial charge in [0.25, 0.3) is 5.91 Å². The van der Waals surface area contributed by atoms with E-state index in [1.54, 1.807) is 11.3 Å². The minimum Gasteiger partial charge on any atom is -0.484 e. The number of amides is 1. The highest BCUT2D eigenvalue weighted by atomic mass is 32.1. The molecule has 4 heteroatoms. The fourth-order valence-electron chi connectivity index (χ4n) is 3.14. The molecular formula is C25H21NO2S. The highest BCUT2D eigenvalue weighted by Crippen LogP contribution is 2.26. The maximum absolute atomic E-state index is 12.2. The molecule has 0 unspecified atom stereocenters. The number of carbonyl (C=O) groups excluding carboxylic acids is 1. The number of rotatable bonds is 7. The predicted octanol–water partition coefficient (Wildman–Crippen LogP) is 5.78. The van der Waals surface area contributed by atoms with Crippen LogP contribution in [-0.2, 0) is 11.3 Å². The van der Waals surface area contributed by atoms with Gasteiger partial charge in [0.05, 0.1) is 0 Å². The Morgan fingerprint density at radius 3 is 2.28 bits per heavy atom. The molecule has 3 nitrogen and oxygen atoms in total. The molecule has 0 saturated carbocycles. The summed E-state index contributed by atoms with van der Waals surface area (Å²) in [4.78, 5) is 12.2. The Labute approximate surface area is 174 Å². The molecule has 0 aliphatic rings. The first-order chi connectivity index (χ1) is 14.3. The minimum atomic E-state index is -0.141. The molecule has 1 heterocycles. The third kappa shape index (κ3) is 4.92. The van der Waals surface area contributed by atoms with Gasteiger partial charge in [0.1, 0.15) is 5.75 Å². The lowest BCUT2D eigenvalue weighted by Gasteiger charge is -2.11. The molecular weight excluding hydrogens is 378 g/mol. The highest BCUT2D eigenvalue weighted by Gasteiger charge is 2.08. The summed E-state index contributed by atoms with van der Waals surface area (Å²) in [6, 6.07) is 28.2. The standard InChI is InChI=1S/C25H21NO2S/c27-25(26-16-21-8-4-5-9-24(21)22-14-15-29-18-22)17-28-23-12-10-20(11-13-23)19-6-2-1-3-7-19/h1-15,18H,16-17H2,(H,26,27). The summed E-state index contributed by atoms with van der Waals surface area (Å²) in [6.45, 7) is 0.465. The molecule has 144 valence electrons. The largest absolute Gasteiger partial charge is 0.484 e. The predicted molar refractivity (Wildman–Crippen MR) is 119 cm³/mol. The van der Waals surface area contributed by atoms with Gasteiger partial charge in [-0.1, -0.05) is 66.7 Å². The van der Waals surface area contributed by atoms with E-state index in [4.69, 9.17) is 4.74 Å². The van der Waals surface area contributed by atoms with Crippen LogP contribution < -0.4 is 10.1 Å². The summed E-state index contributed by atoms with van der Waals surface area (Å²) >= 11 is 1.67. The average molecular weight is 400 g/mol. The van der Waals surface area contributed by atoms with Gasteiger partial charge >= 0.3 is 0 Å². The molecule has 0 saturated heterocycles. The number of hydrogen-bond acceptors (Lipinski definition) is 3. The van der Waals surface area contributed by atoms with E-state index in [9.17, 15) is 4.79 Å². The molecule has 4 aromatic rings. The van der Waals surface area contributed by atoms with E-state index in [-0.39, 0.29) is 12.5 Å². The number of benzene rings is 3. The summed E-state index contributed by atoms with van der Waals surface area (Å²) in [5.41, 5.74) is 5.68. The van der Waals surface area contributed by atoms with Crippen molar-refractivity contribution in [1.29, 1.82) is 0 Å². The molecule has 1 amide bonds. The van der Waals surface area contributed by atoms with Crippen molar-refractivity contribution >= 4 is 17.2 Å². The van der Waals surface area contributed by atoms with Crippen molar-refractivity contribution in [3.63, 3.8) is 0 Å². The first-order valence-electron chi connectivity index (χ1n) is 9.45. The van der Waals surface area contributed by atoms with Gasteiger partial charge in [-0.3, -0.25) is 4.79 Å². The lowest BCUT2D eigenvalue weighted by molar-refractivity contribution is -0.123. The van der Waals surface area contributed by atoms with Crippen molar-refractivity contribution in [3.05, 3.63) is 101 Å². The molecule has 0 aliphatic heterocycles. The van der Waals surface area contributed by atoms with Crippen LogP contribution >= 0.6 is 11.3 Å². The first-order valence-corrected chi connectivity index (χ1v) is 10.4. The van der Waals surface area contributed by atoms with E-state index >= 15 is 0 Å². The Balaban J connectivity index is 1.31. The number of nitrogens with one attached hydrogen (secondary N) is 1. The zero-order valence-corrected chi connectivity index (χ0v) is 16.7. The zero-order valence-electron chi connectivity index (χ0n) is 15.9. The lowest BCUT2D eigenvalue weighted by atomic mass is 10.0. The number of carbonyl (C=O) groups is 1. The molecule has 0 radical (unpaired) electrons. The summed E-state index contributed by atoms with van der Waals surface area (Å²) in [7, 11) is 0. The van der Waals surface area contributed by atoms with Crippen LogP contribution in [0.3, 0.4) is 0 Å². The fourth-order valence-corrected chi connectivity index (χ4v) is 3.80. The normalized spacial score (nSPS) is 10.5. The Hall–Kier alpha value is -3.37. The first kappa shape index (κ1) is 19.0. The second kappa shape index (κ2) is 9.22. The van der Waals surface area contributed by atoms with Gasteiger partial charge < -0.3 is 10.1 Å². The van der Waals surface area contributed by atoms with Gasteiger partial charge in [-0.25, -0.2) is 0 Å². The van der Waals surface area contributed by atoms with Crippen LogP contribution in [0.5, 0.6) is 5.75 Å². The van der Waals surface area contributed by atoms with Gasteiger partial charge in [-0.15, -0.1) is 0 Å². The molecule has 0 spiro atoms. The van der Waals surface area contributed by atoms with Gasteiger partial charge in [-0.2, -0.15) is 11.3 Å². The Kier molecular flexibility index (Phi) is 6.03. The summed E-state index contributed by atoms with van der Waals surface area (Å²) in [5.74, 6) is 0.538. The van der Waals surface area contributed by atoms with E-state index in [1.807, 2.05) is 60.7 Å². The van der Waals surface area contributed by atoms with E-state index in [0.717, 1.165) is 22.3 Å². The van der Waals surface area contributed by atoms with Crippen LogP contribution in [0.4, 0.5) is 0 Å². The molecule has 0 atom stereocenters. The Morgan fingerprint density at radius 2 is 1.52 bits per heavy atom. The van der Waals surface area contributed by atoms with Gasteiger partial charge in [0.15, 0.2) is 6.61 Å². The van der Waals surface area contributed by atoms with Crippen molar-refractivity contribution in [2.75, 3.05) is 6.61 Å². The molecule has 0 fully saturated rings. The van der Waals surface area contributed by atoms with Crippen LogP contribution in [0.1, 0.15) is 5.56 Å². The van der Waals surface area contributed by atoms with E-state index < -0.39 is 0 Å². The van der Waals surface area contributed by atoms with Crippen molar-refractivity contribution in [1.82, 2.24) is 5.32 Å². The topological polar surface area (TPSA) is 38.3 Å². The fraction of sp³-hybridized carbons (Fsp3) is 0.0800. The Morgan fingerprint density at radius 1 is 0.793 bits per heavy atom. The van der Waals surface area contributed by atoms with Crippen molar-refractivity contribution in [2.45, 2.75) is 6.54 Å². The van der Waals surface area contributed by atoms with Crippen LogP contribution in [0.2, 0.25) is 0 Å². The van der Waals surface area contributed by atoms with Crippen LogP contribution in [0.25, 0.3) is 22.3 Å². The lowest BCUT2D eigenvalue weighted by Crippen LogP contribution is -2.28. The van der Waals surface area contributed by atoms with Crippen molar-refractivity contribution in [3.8, 4) is 28.0 Å². The molecule has 3 aromatic carbocycles. The van der Waals surface area contributed by atoms with Crippen LogP contribution in [-0.4, -0.2) is 12.5 Å². The molecule has 4 rings (SSSR count). The van der Waals surface area contributed by atoms with Gasteiger partial charge in [-0.05, 0) is 56.8 Å². The maximum Gasteiger partial charge on any atom is 0.258 e. The van der Waals surface area contributed by atoms with E-state index in [1.165, 1.54) is 5.56 Å². The highest BCUT2D eigenvalue weighted by molar-refractivity contribution is 7.08. The van der Waals surface area contributed by atoms with Crippen molar-refractivity contribution < 1.29 is 9.53 Å². The summed E-state index contributed by atoms with van der Waals surface area (Å²) in [5, 5.41) is 7.12. The smallest absolute Gasteiger partial charge is 0.258 e. The Bertz CT molecular complexity index is 1060. The number of hydrogen-bond donors (Lipinski definition) is 1. The molecule has 1 N–H and O–H groups in total. The van der Waals surface area contributed by atoms with Crippen LogP contribution in [0, 0.1) is 0 Å². The average Bonchev–Trinajstić information content (AvgIpc) is 3.32. The van der Waals surface area contributed by atoms with E-state index in [2.05, 4.69) is 40.3 Å². The summed E-state index contributed by atoms with van der Waals surface area (Å²) < 4.78 is 5.64. The minimum absolute atomic E-state index is 0.00863. The number of thiophene rings is 1.